The predicted molar refractivity (Wildman–Crippen MR) is 210 cm³/mol. The third kappa shape index (κ3) is 3.93. The number of benzene rings is 7. The number of hydrogen-bond donors (Lipinski definition) is 0. The van der Waals surface area contributed by atoms with Crippen molar-refractivity contribution in [3.05, 3.63) is 151 Å². The first-order valence-corrected chi connectivity index (χ1v) is 17.6. The molecule has 0 amide bonds. The summed E-state index contributed by atoms with van der Waals surface area (Å²) >= 11 is 1.90. The zero-order valence-corrected chi connectivity index (χ0v) is 28.1. The van der Waals surface area contributed by atoms with Gasteiger partial charge < -0.3 is 9.80 Å². The molecule has 0 unspecified atom stereocenters. The van der Waals surface area contributed by atoms with Crippen molar-refractivity contribution >= 4 is 99.5 Å². The van der Waals surface area contributed by atoms with Crippen LogP contribution in [0.4, 0.5) is 34.1 Å². The fraction of sp³-hybridized carbons (Fsp3) is 0.0909. The van der Waals surface area contributed by atoms with Crippen LogP contribution in [0.1, 0.15) is 26.3 Å². The van der Waals surface area contributed by atoms with Gasteiger partial charge in [0.15, 0.2) is 0 Å². The van der Waals surface area contributed by atoms with E-state index in [9.17, 15) is 0 Å². The highest BCUT2D eigenvalue weighted by molar-refractivity contribution is 7.26. The zero-order valence-electron chi connectivity index (χ0n) is 27.2. The second-order valence-corrected chi connectivity index (χ2v) is 15.3. The summed E-state index contributed by atoms with van der Waals surface area (Å²) in [5.74, 6) is 0. The second-order valence-electron chi connectivity index (χ2n) is 14.2. The van der Waals surface area contributed by atoms with E-state index in [0.29, 0.717) is 0 Å². The van der Waals surface area contributed by atoms with Gasteiger partial charge in [-0.25, -0.2) is 0 Å². The molecule has 4 heteroatoms. The van der Waals surface area contributed by atoms with Gasteiger partial charge in [-0.15, -0.1) is 11.3 Å². The van der Waals surface area contributed by atoms with Gasteiger partial charge in [-0.05, 0) is 92.7 Å². The van der Waals surface area contributed by atoms with Crippen molar-refractivity contribution in [1.82, 2.24) is 0 Å². The molecule has 2 aliphatic rings. The number of para-hydroxylation sites is 3. The molecule has 0 aliphatic carbocycles. The van der Waals surface area contributed by atoms with E-state index in [-0.39, 0.29) is 12.1 Å². The van der Waals surface area contributed by atoms with Gasteiger partial charge >= 0.3 is 0 Å². The van der Waals surface area contributed by atoms with Crippen LogP contribution in [0.3, 0.4) is 0 Å². The molecule has 0 spiro atoms. The Morgan fingerprint density at radius 1 is 0.500 bits per heavy atom. The summed E-state index contributed by atoms with van der Waals surface area (Å²) in [6.45, 7) is 7.12. The van der Waals surface area contributed by atoms with Crippen LogP contribution in [0.5, 0.6) is 0 Å². The number of thiophene rings is 1. The second kappa shape index (κ2) is 10.1. The van der Waals surface area contributed by atoms with Crippen molar-refractivity contribution in [3.63, 3.8) is 0 Å². The van der Waals surface area contributed by atoms with Gasteiger partial charge in [-0.2, -0.15) is 0 Å². The number of anilines is 6. The van der Waals surface area contributed by atoms with Gasteiger partial charge in [0.2, 0.25) is 0 Å². The van der Waals surface area contributed by atoms with Crippen molar-refractivity contribution < 1.29 is 0 Å². The molecule has 1 aromatic heterocycles. The smallest absolute Gasteiger partial charge is 0.252 e. The molecular formula is C44H33BN2S. The number of nitrogens with zero attached hydrogens (tertiary/aromatic N) is 2. The molecule has 0 radical (unpaired) electrons. The summed E-state index contributed by atoms with van der Waals surface area (Å²) < 4.78 is 2.65. The normalized spacial score (nSPS) is 13.6. The fourth-order valence-corrected chi connectivity index (χ4v) is 9.29. The third-order valence-corrected chi connectivity index (χ3v) is 11.5. The Hall–Kier alpha value is -5.32. The van der Waals surface area contributed by atoms with Crippen LogP contribution in [-0.4, -0.2) is 6.71 Å². The van der Waals surface area contributed by atoms with E-state index in [1.807, 2.05) is 11.3 Å². The highest BCUT2D eigenvalue weighted by Crippen LogP contribution is 2.47. The van der Waals surface area contributed by atoms with Crippen LogP contribution < -0.4 is 26.2 Å². The summed E-state index contributed by atoms with van der Waals surface area (Å²) in [7, 11) is 0. The molecule has 0 saturated heterocycles. The van der Waals surface area contributed by atoms with Gasteiger partial charge in [0.1, 0.15) is 0 Å². The Morgan fingerprint density at radius 3 is 1.83 bits per heavy atom. The molecule has 3 heterocycles. The first kappa shape index (κ1) is 27.8. The molecule has 0 atom stereocenters. The Bertz CT molecular complexity index is 2580. The summed E-state index contributed by atoms with van der Waals surface area (Å²) in [6, 6.07) is 54.3. The highest BCUT2D eigenvalue weighted by atomic mass is 32.1. The molecule has 48 heavy (non-hydrogen) atoms. The Kier molecular flexibility index (Phi) is 5.84. The van der Waals surface area contributed by atoms with E-state index in [1.165, 1.54) is 87.0 Å². The lowest BCUT2D eigenvalue weighted by atomic mass is 9.33. The molecule has 8 aromatic rings. The maximum absolute atomic E-state index is 2.54. The maximum Gasteiger partial charge on any atom is 0.252 e. The van der Waals surface area contributed by atoms with Gasteiger partial charge in [0.05, 0.1) is 0 Å². The SMILES string of the molecule is CC(C)(C)c1cc2c3c(c1)N(c1ccc4c(c1)sc1ccc5ccccc5c14)c1ccccc1B3c1ccccc1N2c1ccccc1. The molecule has 0 fully saturated rings. The molecule has 7 aromatic carbocycles. The lowest BCUT2D eigenvalue weighted by Gasteiger charge is -2.45. The first-order valence-electron chi connectivity index (χ1n) is 16.8. The number of rotatable bonds is 2. The predicted octanol–water partition coefficient (Wildman–Crippen LogP) is 10.6. The Balaban J connectivity index is 1.28. The van der Waals surface area contributed by atoms with E-state index < -0.39 is 0 Å². The maximum atomic E-state index is 2.54. The third-order valence-electron chi connectivity index (χ3n) is 10.4. The Morgan fingerprint density at radius 2 is 1.12 bits per heavy atom. The summed E-state index contributed by atoms with van der Waals surface area (Å²) in [6.07, 6.45) is 0. The minimum atomic E-state index is -0.0422. The van der Waals surface area contributed by atoms with Crippen molar-refractivity contribution in [1.29, 1.82) is 0 Å². The van der Waals surface area contributed by atoms with E-state index >= 15 is 0 Å². The highest BCUT2D eigenvalue weighted by Gasteiger charge is 2.43. The largest absolute Gasteiger partial charge is 0.311 e. The summed E-state index contributed by atoms with van der Waals surface area (Å²) in [5, 5.41) is 5.31. The Labute approximate surface area is 285 Å². The molecule has 0 bridgehead atoms. The van der Waals surface area contributed by atoms with Crippen molar-refractivity contribution in [2.45, 2.75) is 26.2 Å². The lowest BCUT2D eigenvalue weighted by molar-refractivity contribution is 0.590. The average molecular weight is 633 g/mol. The molecule has 0 N–H and O–H groups in total. The fourth-order valence-electron chi connectivity index (χ4n) is 8.14. The molecule has 10 rings (SSSR count). The molecule has 228 valence electrons. The van der Waals surface area contributed by atoms with Gasteiger partial charge in [-0.3, -0.25) is 0 Å². The van der Waals surface area contributed by atoms with Crippen molar-refractivity contribution in [2.24, 2.45) is 0 Å². The molecule has 0 saturated carbocycles. The van der Waals surface area contributed by atoms with Crippen LogP contribution in [0.15, 0.2) is 146 Å². The molecular weight excluding hydrogens is 599 g/mol. The van der Waals surface area contributed by atoms with Crippen molar-refractivity contribution in [3.8, 4) is 0 Å². The molecule has 2 aliphatic heterocycles. The van der Waals surface area contributed by atoms with Crippen LogP contribution in [0, 0.1) is 0 Å². The summed E-state index contributed by atoms with van der Waals surface area (Å²) in [4.78, 5) is 5.03. The van der Waals surface area contributed by atoms with Crippen LogP contribution in [0.2, 0.25) is 0 Å². The topological polar surface area (TPSA) is 6.48 Å². The quantitative estimate of drug-likeness (QED) is 0.175. The van der Waals surface area contributed by atoms with E-state index in [0.717, 1.165) is 0 Å². The average Bonchev–Trinajstić information content (AvgIpc) is 3.50. The van der Waals surface area contributed by atoms with Crippen LogP contribution >= 0.6 is 11.3 Å². The first-order chi connectivity index (χ1) is 23.5. The summed E-state index contributed by atoms with van der Waals surface area (Å²) in [5.41, 5.74) is 12.8. The van der Waals surface area contributed by atoms with E-state index in [1.54, 1.807) is 0 Å². The van der Waals surface area contributed by atoms with Gasteiger partial charge in [-0.1, -0.05) is 112 Å². The zero-order chi connectivity index (χ0) is 32.1. The van der Waals surface area contributed by atoms with E-state index in [4.69, 9.17) is 0 Å². The van der Waals surface area contributed by atoms with Crippen LogP contribution in [-0.2, 0) is 5.41 Å². The molecule has 2 nitrogen and oxygen atoms in total. The van der Waals surface area contributed by atoms with Crippen molar-refractivity contribution in [2.75, 3.05) is 9.80 Å². The minimum absolute atomic E-state index is 0.0422. The van der Waals surface area contributed by atoms with Gasteiger partial charge in [0, 0.05) is 54.3 Å². The van der Waals surface area contributed by atoms with E-state index in [2.05, 4.69) is 176 Å². The van der Waals surface area contributed by atoms with Gasteiger partial charge in [0.25, 0.3) is 6.71 Å². The number of fused-ring (bicyclic) bond motifs is 9. The lowest BCUT2D eigenvalue weighted by Crippen LogP contribution is -2.61. The van der Waals surface area contributed by atoms with Crippen LogP contribution in [0.25, 0.3) is 30.9 Å². The standard InChI is InChI=1S/C44H33BN2S/c1-44(2,3)29-25-38-43-39(26-29)47(31-22-23-33-41(27-31)48-40-24-21-28-13-7-8-16-32(28)42(33)40)37-20-12-10-18-35(37)45(43)34-17-9-11-19-36(34)46(38)30-14-5-4-6-15-30/h4-27H,1-3H3. The number of hydrogen-bond acceptors (Lipinski definition) is 3. The minimum Gasteiger partial charge on any atom is -0.311 e. The monoisotopic (exact) mass is 632 g/mol.